The highest BCUT2D eigenvalue weighted by molar-refractivity contribution is 5.77. The Morgan fingerprint density at radius 1 is 1.35 bits per heavy atom. The number of rotatable bonds is 2. The fourth-order valence-electron chi connectivity index (χ4n) is 3.88. The lowest BCUT2D eigenvalue weighted by molar-refractivity contribution is -0.152. The van der Waals surface area contributed by atoms with E-state index in [-0.39, 0.29) is 17.3 Å². The minimum Gasteiger partial charge on any atom is -0.466 e. The van der Waals surface area contributed by atoms with Gasteiger partial charge < -0.3 is 4.74 Å². The van der Waals surface area contributed by atoms with Gasteiger partial charge in [-0.2, -0.15) is 0 Å². The van der Waals surface area contributed by atoms with E-state index in [9.17, 15) is 4.79 Å². The quantitative estimate of drug-likeness (QED) is 0.537. The summed E-state index contributed by atoms with van der Waals surface area (Å²) in [5, 5.41) is 0. The van der Waals surface area contributed by atoms with Crippen molar-refractivity contribution in [3.05, 3.63) is 11.6 Å². The maximum atomic E-state index is 12.3. The summed E-state index contributed by atoms with van der Waals surface area (Å²) in [5.41, 5.74) is 1.57. The van der Waals surface area contributed by atoms with Crippen LogP contribution in [0.3, 0.4) is 0 Å². The standard InChI is InChI=1S/C15H24O2/c1-3-12-8-7-11-15(9-5-6-10-15)13(12)14(16)17-4-2/h3,13H,4-11H2,1-2H3/b12-3-. The van der Waals surface area contributed by atoms with E-state index in [1.807, 2.05) is 6.92 Å². The number of esters is 1. The van der Waals surface area contributed by atoms with Crippen LogP contribution in [0.2, 0.25) is 0 Å². The Kier molecular flexibility index (Phi) is 3.90. The average Bonchev–Trinajstić information content (AvgIpc) is 2.77. The van der Waals surface area contributed by atoms with Crippen LogP contribution in [-0.2, 0) is 9.53 Å². The Hall–Kier alpha value is -0.790. The molecule has 17 heavy (non-hydrogen) atoms. The third kappa shape index (κ3) is 2.27. The number of hydrogen-bond donors (Lipinski definition) is 0. The van der Waals surface area contributed by atoms with Gasteiger partial charge in [-0.15, -0.1) is 0 Å². The van der Waals surface area contributed by atoms with Crippen molar-refractivity contribution in [1.82, 2.24) is 0 Å². The van der Waals surface area contributed by atoms with Crippen LogP contribution in [0.25, 0.3) is 0 Å². The molecule has 1 unspecified atom stereocenters. The highest BCUT2D eigenvalue weighted by atomic mass is 16.5. The maximum absolute atomic E-state index is 12.3. The minimum absolute atomic E-state index is 0.0298. The third-order valence-electron chi connectivity index (χ3n) is 4.62. The smallest absolute Gasteiger partial charge is 0.313 e. The summed E-state index contributed by atoms with van der Waals surface area (Å²) >= 11 is 0. The van der Waals surface area contributed by atoms with Gasteiger partial charge in [0.2, 0.25) is 0 Å². The zero-order valence-corrected chi connectivity index (χ0v) is 11.1. The molecule has 96 valence electrons. The van der Waals surface area contributed by atoms with Crippen molar-refractivity contribution in [2.75, 3.05) is 6.61 Å². The summed E-state index contributed by atoms with van der Waals surface area (Å²) in [4.78, 5) is 12.3. The zero-order chi connectivity index (χ0) is 12.3. The Morgan fingerprint density at radius 2 is 2.00 bits per heavy atom. The van der Waals surface area contributed by atoms with Gasteiger partial charge in [-0.05, 0) is 51.4 Å². The predicted molar refractivity (Wildman–Crippen MR) is 68.6 cm³/mol. The van der Waals surface area contributed by atoms with Crippen molar-refractivity contribution < 1.29 is 9.53 Å². The first-order chi connectivity index (χ1) is 8.23. The molecule has 0 heterocycles. The Balaban J connectivity index is 2.26. The van der Waals surface area contributed by atoms with E-state index in [1.54, 1.807) is 0 Å². The predicted octanol–water partition coefficient (Wildman–Crippen LogP) is 3.86. The SMILES string of the molecule is C/C=C1/CCCC2(CCCC2)C1C(=O)OCC. The van der Waals surface area contributed by atoms with Crippen LogP contribution in [0, 0.1) is 11.3 Å². The van der Waals surface area contributed by atoms with E-state index in [2.05, 4.69) is 13.0 Å². The molecule has 2 rings (SSSR count). The first kappa shape index (κ1) is 12.7. The van der Waals surface area contributed by atoms with Crippen molar-refractivity contribution >= 4 is 5.97 Å². The largest absolute Gasteiger partial charge is 0.466 e. The van der Waals surface area contributed by atoms with E-state index < -0.39 is 0 Å². The monoisotopic (exact) mass is 236 g/mol. The fraction of sp³-hybridized carbons (Fsp3) is 0.800. The van der Waals surface area contributed by atoms with Gasteiger partial charge in [0, 0.05) is 0 Å². The van der Waals surface area contributed by atoms with Crippen molar-refractivity contribution in [3.63, 3.8) is 0 Å². The van der Waals surface area contributed by atoms with E-state index in [4.69, 9.17) is 4.74 Å². The van der Waals surface area contributed by atoms with E-state index in [1.165, 1.54) is 44.1 Å². The van der Waals surface area contributed by atoms with Crippen LogP contribution in [-0.4, -0.2) is 12.6 Å². The van der Waals surface area contributed by atoms with Crippen LogP contribution in [0.15, 0.2) is 11.6 Å². The fourth-order valence-corrected chi connectivity index (χ4v) is 3.88. The second-order valence-corrected chi connectivity index (χ2v) is 5.47. The normalized spacial score (nSPS) is 29.8. The molecule has 0 aromatic rings. The van der Waals surface area contributed by atoms with Crippen LogP contribution in [0.4, 0.5) is 0 Å². The molecule has 0 bridgehead atoms. The van der Waals surface area contributed by atoms with Gasteiger partial charge in [-0.1, -0.05) is 24.5 Å². The molecule has 1 spiro atoms. The van der Waals surface area contributed by atoms with Crippen LogP contribution >= 0.6 is 0 Å². The first-order valence-corrected chi connectivity index (χ1v) is 7.05. The summed E-state index contributed by atoms with van der Waals surface area (Å²) in [6.07, 6.45) is 10.7. The van der Waals surface area contributed by atoms with Gasteiger partial charge in [0.15, 0.2) is 0 Å². The van der Waals surface area contributed by atoms with Crippen molar-refractivity contribution in [1.29, 1.82) is 0 Å². The lowest BCUT2D eigenvalue weighted by atomic mass is 9.63. The third-order valence-corrected chi connectivity index (χ3v) is 4.62. The molecule has 0 aromatic heterocycles. The molecule has 1 atom stereocenters. The lowest BCUT2D eigenvalue weighted by Crippen LogP contribution is -2.39. The minimum atomic E-state index is 0.0298. The second-order valence-electron chi connectivity index (χ2n) is 5.47. The van der Waals surface area contributed by atoms with E-state index >= 15 is 0 Å². The summed E-state index contributed by atoms with van der Waals surface area (Å²) in [5.74, 6) is 0.0888. The molecule has 0 amide bonds. The van der Waals surface area contributed by atoms with Crippen molar-refractivity contribution in [3.8, 4) is 0 Å². The number of allylic oxidation sites excluding steroid dienone is 1. The molecule has 2 aliphatic carbocycles. The van der Waals surface area contributed by atoms with Gasteiger partial charge in [0.25, 0.3) is 0 Å². The molecule has 2 nitrogen and oxygen atoms in total. The van der Waals surface area contributed by atoms with E-state index in [0.29, 0.717) is 6.61 Å². The summed E-state index contributed by atoms with van der Waals surface area (Å²) < 4.78 is 5.32. The molecule has 0 saturated heterocycles. The lowest BCUT2D eigenvalue weighted by Gasteiger charge is -2.41. The maximum Gasteiger partial charge on any atom is 0.313 e. The summed E-state index contributed by atoms with van der Waals surface area (Å²) in [6.45, 7) is 4.47. The van der Waals surface area contributed by atoms with Gasteiger partial charge in [-0.3, -0.25) is 4.79 Å². The number of ether oxygens (including phenoxy) is 1. The highest BCUT2D eigenvalue weighted by Crippen LogP contribution is 2.54. The Morgan fingerprint density at radius 3 is 2.59 bits per heavy atom. The first-order valence-electron chi connectivity index (χ1n) is 7.05. The molecular formula is C15H24O2. The summed E-state index contributed by atoms with van der Waals surface area (Å²) in [7, 11) is 0. The molecule has 2 aliphatic rings. The van der Waals surface area contributed by atoms with Crippen LogP contribution in [0.1, 0.15) is 58.8 Å². The molecule has 0 N–H and O–H groups in total. The summed E-state index contributed by atoms with van der Waals surface area (Å²) in [6, 6.07) is 0. The molecule has 0 aliphatic heterocycles. The zero-order valence-electron chi connectivity index (χ0n) is 11.1. The molecule has 2 fully saturated rings. The van der Waals surface area contributed by atoms with Crippen LogP contribution in [0.5, 0.6) is 0 Å². The second kappa shape index (κ2) is 5.24. The topological polar surface area (TPSA) is 26.3 Å². The number of carbonyl (C=O) groups is 1. The molecule has 2 heteroatoms. The Labute approximate surface area is 104 Å². The highest BCUT2D eigenvalue weighted by Gasteiger charge is 2.48. The van der Waals surface area contributed by atoms with Gasteiger partial charge in [0.1, 0.15) is 0 Å². The average molecular weight is 236 g/mol. The molecule has 2 saturated carbocycles. The molecule has 0 radical (unpaired) electrons. The van der Waals surface area contributed by atoms with Gasteiger partial charge >= 0.3 is 5.97 Å². The molecular weight excluding hydrogens is 212 g/mol. The van der Waals surface area contributed by atoms with Crippen molar-refractivity contribution in [2.24, 2.45) is 11.3 Å². The van der Waals surface area contributed by atoms with Gasteiger partial charge in [-0.25, -0.2) is 0 Å². The number of carbonyl (C=O) groups excluding carboxylic acids is 1. The number of hydrogen-bond acceptors (Lipinski definition) is 2. The van der Waals surface area contributed by atoms with Crippen molar-refractivity contribution in [2.45, 2.75) is 58.8 Å². The van der Waals surface area contributed by atoms with E-state index in [0.717, 1.165) is 6.42 Å². The van der Waals surface area contributed by atoms with Crippen LogP contribution < -0.4 is 0 Å². The Bertz CT molecular complexity index is 311. The molecule has 0 aromatic carbocycles. The van der Waals surface area contributed by atoms with Gasteiger partial charge in [0.05, 0.1) is 12.5 Å².